The summed E-state index contributed by atoms with van der Waals surface area (Å²) in [4.78, 5) is 12.9. The maximum atomic E-state index is 12.9. The molecule has 0 saturated carbocycles. The number of anilines is 1. The largest absolute Gasteiger partial charge is 0.493 e. The van der Waals surface area contributed by atoms with Crippen molar-refractivity contribution in [2.75, 3.05) is 26.3 Å². The molecular formula is C20H19ClN2O4. The Morgan fingerprint density at radius 3 is 2.11 bits per heavy atom. The first-order chi connectivity index (χ1) is 13.0. The van der Waals surface area contributed by atoms with Gasteiger partial charge < -0.3 is 14.2 Å². The van der Waals surface area contributed by atoms with E-state index in [2.05, 4.69) is 5.10 Å². The molecule has 0 spiro atoms. The highest BCUT2D eigenvalue weighted by Gasteiger charge is 2.29. The van der Waals surface area contributed by atoms with Crippen molar-refractivity contribution in [2.45, 2.75) is 6.92 Å². The fourth-order valence-electron chi connectivity index (χ4n) is 2.79. The summed E-state index contributed by atoms with van der Waals surface area (Å²) < 4.78 is 16.1. The van der Waals surface area contributed by atoms with Crippen molar-refractivity contribution in [3.8, 4) is 17.2 Å². The van der Waals surface area contributed by atoms with Crippen LogP contribution in [0.3, 0.4) is 0 Å². The summed E-state index contributed by atoms with van der Waals surface area (Å²) in [5.41, 5.74) is 2.49. The van der Waals surface area contributed by atoms with E-state index in [9.17, 15) is 4.79 Å². The molecule has 6 nitrogen and oxygen atoms in total. The van der Waals surface area contributed by atoms with Gasteiger partial charge in [0.2, 0.25) is 5.75 Å². The number of ether oxygens (including phenoxy) is 3. The van der Waals surface area contributed by atoms with Crippen LogP contribution in [0.25, 0.3) is 6.08 Å². The van der Waals surface area contributed by atoms with Gasteiger partial charge >= 0.3 is 0 Å². The second kappa shape index (κ2) is 7.72. The SMILES string of the molecule is COc1cc(/C=C2/C(=O)N(c3ccc(Cl)cc3)N=C2C)cc(OC)c1OC. The molecule has 2 aromatic rings. The highest BCUT2D eigenvalue weighted by molar-refractivity contribution is 6.32. The van der Waals surface area contributed by atoms with E-state index < -0.39 is 0 Å². The summed E-state index contributed by atoms with van der Waals surface area (Å²) in [6.07, 6.45) is 1.75. The van der Waals surface area contributed by atoms with Gasteiger partial charge in [0.25, 0.3) is 5.91 Å². The summed E-state index contributed by atoms with van der Waals surface area (Å²) in [6, 6.07) is 10.5. The minimum Gasteiger partial charge on any atom is -0.493 e. The van der Waals surface area contributed by atoms with E-state index in [0.29, 0.717) is 39.2 Å². The van der Waals surface area contributed by atoms with Crippen molar-refractivity contribution < 1.29 is 19.0 Å². The van der Waals surface area contributed by atoms with Crippen LogP contribution in [0.2, 0.25) is 5.02 Å². The Labute approximate surface area is 162 Å². The van der Waals surface area contributed by atoms with Gasteiger partial charge in [-0.3, -0.25) is 4.79 Å². The Morgan fingerprint density at radius 1 is 1.00 bits per heavy atom. The number of carbonyl (C=O) groups excluding carboxylic acids is 1. The number of halogens is 1. The van der Waals surface area contributed by atoms with Crippen molar-refractivity contribution in [3.63, 3.8) is 0 Å². The minimum absolute atomic E-state index is 0.219. The Kier molecular flexibility index (Phi) is 5.37. The van der Waals surface area contributed by atoms with Gasteiger partial charge in [-0.2, -0.15) is 10.1 Å². The molecule has 0 radical (unpaired) electrons. The molecule has 0 aromatic heterocycles. The Hall–Kier alpha value is -2.99. The summed E-state index contributed by atoms with van der Waals surface area (Å²) in [5.74, 6) is 1.30. The standard InChI is InChI=1S/C20H19ClN2O4/c1-12-16(20(24)23(22-12)15-7-5-14(21)6-8-15)9-13-10-17(25-2)19(27-4)18(11-13)26-3/h5-11H,1-4H3/b16-9+. The molecule has 27 heavy (non-hydrogen) atoms. The number of amides is 1. The van der Waals surface area contributed by atoms with Crippen LogP contribution >= 0.6 is 11.6 Å². The number of hydrazone groups is 1. The van der Waals surface area contributed by atoms with Crippen LogP contribution in [-0.2, 0) is 4.79 Å². The van der Waals surface area contributed by atoms with E-state index >= 15 is 0 Å². The molecule has 1 aliphatic heterocycles. The third-order valence-electron chi connectivity index (χ3n) is 4.13. The maximum Gasteiger partial charge on any atom is 0.280 e. The Morgan fingerprint density at radius 2 is 1.59 bits per heavy atom. The molecule has 0 unspecified atom stereocenters. The lowest BCUT2D eigenvalue weighted by atomic mass is 10.1. The average molecular weight is 387 g/mol. The predicted octanol–water partition coefficient (Wildman–Crippen LogP) is 4.17. The molecule has 0 aliphatic carbocycles. The monoisotopic (exact) mass is 386 g/mol. The van der Waals surface area contributed by atoms with E-state index in [-0.39, 0.29) is 5.91 Å². The van der Waals surface area contributed by atoms with Crippen LogP contribution in [0.15, 0.2) is 47.1 Å². The third kappa shape index (κ3) is 3.61. The molecule has 140 valence electrons. The molecule has 1 amide bonds. The van der Waals surface area contributed by atoms with Crippen molar-refractivity contribution in [3.05, 3.63) is 52.6 Å². The van der Waals surface area contributed by atoms with E-state index in [4.69, 9.17) is 25.8 Å². The molecular weight excluding hydrogens is 368 g/mol. The van der Waals surface area contributed by atoms with Crippen LogP contribution in [0.5, 0.6) is 17.2 Å². The maximum absolute atomic E-state index is 12.9. The van der Waals surface area contributed by atoms with Crippen LogP contribution in [-0.4, -0.2) is 32.9 Å². The molecule has 0 saturated heterocycles. The van der Waals surface area contributed by atoms with Gasteiger partial charge in [-0.05, 0) is 55.0 Å². The number of methoxy groups -OCH3 is 3. The highest BCUT2D eigenvalue weighted by atomic mass is 35.5. The smallest absolute Gasteiger partial charge is 0.280 e. The summed E-state index contributed by atoms with van der Waals surface area (Å²) in [7, 11) is 4.63. The second-order valence-electron chi connectivity index (χ2n) is 5.80. The summed E-state index contributed by atoms with van der Waals surface area (Å²) >= 11 is 5.92. The zero-order chi connectivity index (χ0) is 19.6. The molecule has 2 aromatic carbocycles. The van der Waals surface area contributed by atoms with Crippen LogP contribution in [0.4, 0.5) is 5.69 Å². The molecule has 0 N–H and O–H groups in total. The summed E-state index contributed by atoms with van der Waals surface area (Å²) in [5, 5.41) is 6.32. The minimum atomic E-state index is -0.219. The van der Waals surface area contributed by atoms with Gasteiger partial charge in [0, 0.05) is 5.02 Å². The fourth-order valence-corrected chi connectivity index (χ4v) is 2.92. The zero-order valence-electron chi connectivity index (χ0n) is 15.4. The first-order valence-corrected chi connectivity index (χ1v) is 8.53. The number of rotatable bonds is 5. The topological polar surface area (TPSA) is 60.4 Å². The van der Waals surface area contributed by atoms with Gasteiger partial charge in [0.1, 0.15) is 0 Å². The number of benzene rings is 2. The molecule has 3 rings (SSSR count). The van der Waals surface area contributed by atoms with Gasteiger partial charge in [-0.1, -0.05) is 11.6 Å². The number of carbonyl (C=O) groups is 1. The highest BCUT2D eigenvalue weighted by Crippen LogP contribution is 2.39. The van der Waals surface area contributed by atoms with Gasteiger partial charge in [-0.15, -0.1) is 0 Å². The average Bonchev–Trinajstić information content (AvgIpc) is 2.96. The Balaban J connectivity index is 1.99. The summed E-state index contributed by atoms with van der Waals surface area (Å²) in [6.45, 7) is 1.79. The molecule has 1 aliphatic rings. The molecule has 7 heteroatoms. The molecule has 0 bridgehead atoms. The second-order valence-corrected chi connectivity index (χ2v) is 6.23. The molecule has 0 fully saturated rings. The van der Waals surface area contributed by atoms with E-state index in [1.165, 1.54) is 5.01 Å². The Bertz CT molecular complexity index is 910. The quantitative estimate of drug-likeness (QED) is 0.723. The molecule has 0 atom stereocenters. The van der Waals surface area contributed by atoms with Crippen molar-refractivity contribution in [2.24, 2.45) is 5.10 Å². The van der Waals surface area contributed by atoms with Gasteiger partial charge in [0.05, 0.1) is 38.3 Å². The first kappa shape index (κ1) is 18.8. The van der Waals surface area contributed by atoms with E-state index in [1.807, 2.05) is 0 Å². The zero-order valence-corrected chi connectivity index (χ0v) is 16.2. The van der Waals surface area contributed by atoms with E-state index in [0.717, 1.165) is 5.56 Å². The molecule has 1 heterocycles. The van der Waals surface area contributed by atoms with Crippen LogP contribution in [0, 0.1) is 0 Å². The van der Waals surface area contributed by atoms with Gasteiger partial charge in [-0.25, -0.2) is 0 Å². The predicted molar refractivity (Wildman–Crippen MR) is 106 cm³/mol. The lowest BCUT2D eigenvalue weighted by Gasteiger charge is -2.13. The number of hydrogen-bond acceptors (Lipinski definition) is 5. The lowest BCUT2D eigenvalue weighted by Crippen LogP contribution is -2.21. The fraction of sp³-hybridized carbons (Fsp3) is 0.200. The van der Waals surface area contributed by atoms with Crippen molar-refractivity contribution in [1.29, 1.82) is 0 Å². The van der Waals surface area contributed by atoms with E-state index in [1.54, 1.807) is 70.7 Å². The number of nitrogens with zero attached hydrogens (tertiary/aromatic N) is 2. The van der Waals surface area contributed by atoms with Crippen LogP contribution < -0.4 is 19.2 Å². The van der Waals surface area contributed by atoms with Crippen molar-refractivity contribution >= 4 is 35.0 Å². The van der Waals surface area contributed by atoms with Gasteiger partial charge in [0.15, 0.2) is 11.5 Å². The first-order valence-electron chi connectivity index (χ1n) is 8.15. The van der Waals surface area contributed by atoms with Crippen molar-refractivity contribution in [1.82, 2.24) is 0 Å². The normalized spacial score (nSPS) is 15.1. The van der Waals surface area contributed by atoms with Crippen LogP contribution in [0.1, 0.15) is 12.5 Å². The third-order valence-corrected chi connectivity index (χ3v) is 4.38. The number of hydrogen-bond donors (Lipinski definition) is 0. The lowest BCUT2D eigenvalue weighted by molar-refractivity contribution is -0.114.